The average molecular weight is 305 g/mol. The maximum Gasteiger partial charge on any atom is 0.0534 e. The molecule has 1 N–H and O–H groups in total. The Balaban J connectivity index is 2.17. The van der Waals surface area contributed by atoms with E-state index in [-0.39, 0.29) is 0 Å². The molecule has 1 aromatic carbocycles. The standard InChI is InChI=1S/C15H17BrN2/c1-3-15(12-4-6-13(16)7-5-12)18-14-8-11(2)9-17-10-14/h4-10,15,18H,3H2,1-2H3. The summed E-state index contributed by atoms with van der Waals surface area (Å²) in [6.07, 6.45) is 4.77. The van der Waals surface area contributed by atoms with Crippen molar-refractivity contribution in [2.24, 2.45) is 0 Å². The van der Waals surface area contributed by atoms with E-state index in [1.54, 1.807) is 0 Å². The van der Waals surface area contributed by atoms with Crippen LogP contribution in [0.25, 0.3) is 0 Å². The van der Waals surface area contributed by atoms with E-state index < -0.39 is 0 Å². The number of anilines is 1. The zero-order chi connectivity index (χ0) is 13.0. The van der Waals surface area contributed by atoms with E-state index >= 15 is 0 Å². The summed E-state index contributed by atoms with van der Waals surface area (Å²) in [5.74, 6) is 0. The summed E-state index contributed by atoms with van der Waals surface area (Å²) >= 11 is 3.46. The van der Waals surface area contributed by atoms with Crippen molar-refractivity contribution in [3.8, 4) is 0 Å². The third kappa shape index (κ3) is 3.33. The Morgan fingerprint density at radius 1 is 1.22 bits per heavy atom. The Labute approximate surface area is 117 Å². The van der Waals surface area contributed by atoms with Crippen LogP contribution in [0.2, 0.25) is 0 Å². The lowest BCUT2D eigenvalue weighted by Crippen LogP contribution is -2.09. The van der Waals surface area contributed by atoms with E-state index in [0.29, 0.717) is 6.04 Å². The number of benzene rings is 1. The van der Waals surface area contributed by atoms with Crippen molar-refractivity contribution in [2.75, 3.05) is 5.32 Å². The number of pyridine rings is 1. The van der Waals surface area contributed by atoms with E-state index in [9.17, 15) is 0 Å². The third-order valence-electron chi connectivity index (χ3n) is 2.90. The van der Waals surface area contributed by atoms with Crippen LogP contribution in [0.4, 0.5) is 5.69 Å². The van der Waals surface area contributed by atoms with Crippen LogP contribution in [0.5, 0.6) is 0 Å². The van der Waals surface area contributed by atoms with Gasteiger partial charge < -0.3 is 5.32 Å². The number of hydrogen-bond donors (Lipinski definition) is 1. The molecule has 1 heterocycles. The SMILES string of the molecule is CCC(Nc1cncc(C)c1)c1ccc(Br)cc1. The molecule has 2 rings (SSSR count). The Morgan fingerprint density at radius 2 is 1.94 bits per heavy atom. The van der Waals surface area contributed by atoms with Crippen LogP contribution in [-0.2, 0) is 0 Å². The van der Waals surface area contributed by atoms with Crippen molar-refractivity contribution in [1.82, 2.24) is 4.98 Å². The lowest BCUT2D eigenvalue weighted by Gasteiger charge is -2.19. The Kier molecular flexibility index (Phi) is 4.37. The van der Waals surface area contributed by atoms with Gasteiger partial charge in [0.1, 0.15) is 0 Å². The number of hydrogen-bond acceptors (Lipinski definition) is 2. The molecule has 0 saturated carbocycles. The first-order valence-corrected chi connectivity index (χ1v) is 6.92. The quantitative estimate of drug-likeness (QED) is 0.884. The number of aromatic nitrogens is 1. The van der Waals surface area contributed by atoms with E-state index in [1.807, 2.05) is 12.4 Å². The topological polar surface area (TPSA) is 24.9 Å². The summed E-state index contributed by atoms with van der Waals surface area (Å²) in [4.78, 5) is 4.21. The van der Waals surface area contributed by atoms with E-state index in [4.69, 9.17) is 0 Å². The first-order chi connectivity index (χ1) is 8.69. The Bertz CT molecular complexity index is 508. The summed E-state index contributed by atoms with van der Waals surface area (Å²) in [7, 11) is 0. The predicted octanol–water partition coefficient (Wildman–Crippen LogP) is 4.72. The molecule has 94 valence electrons. The zero-order valence-corrected chi connectivity index (χ0v) is 12.2. The largest absolute Gasteiger partial charge is 0.377 e. The maximum absolute atomic E-state index is 4.21. The van der Waals surface area contributed by atoms with Gasteiger partial charge in [-0.2, -0.15) is 0 Å². The van der Waals surface area contributed by atoms with Crippen molar-refractivity contribution in [3.05, 3.63) is 58.3 Å². The van der Waals surface area contributed by atoms with Gasteiger partial charge in [0.2, 0.25) is 0 Å². The molecule has 0 spiro atoms. The van der Waals surface area contributed by atoms with Crippen LogP contribution in [0.1, 0.15) is 30.5 Å². The first-order valence-electron chi connectivity index (χ1n) is 6.12. The second-order valence-electron chi connectivity index (χ2n) is 4.41. The fraction of sp³-hybridized carbons (Fsp3) is 0.267. The number of aryl methyl sites for hydroxylation is 1. The highest BCUT2D eigenvalue weighted by Crippen LogP contribution is 2.23. The summed E-state index contributed by atoms with van der Waals surface area (Å²) in [6, 6.07) is 10.9. The lowest BCUT2D eigenvalue weighted by molar-refractivity contribution is 0.748. The number of halogens is 1. The Hall–Kier alpha value is -1.35. The van der Waals surface area contributed by atoms with E-state index in [1.165, 1.54) is 11.1 Å². The number of nitrogens with zero attached hydrogens (tertiary/aromatic N) is 1. The molecule has 0 radical (unpaired) electrons. The molecule has 1 unspecified atom stereocenters. The van der Waals surface area contributed by atoms with Crippen LogP contribution in [0.15, 0.2) is 47.2 Å². The van der Waals surface area contributed by atoms with Crippen LogP contribution in [0.3, 0.4) is 0 Å². The first kappa shape index (κ1) is 13.1. The van der Waals surface area contributed by atoms with Gasteiger partial charge in [-0.1, -0.05) is 35.0 Å². The molecule has 0 amide bonds. The molecule has 0 aliphatic carbocycles. The molecule has 1 aromatic heterocycles. The highest BCUT2D eigenvalue weighted by molar-refractivity contribution is 9.10. The van der Waals surface area contributed by atoms with Crippen molar-refractivity contribution in [2.45, 2.75) is 26.3 Å². The minimum atomic E-state index is 0.321. The molecular weight excluding hydrogens is 288 g/mol. The predicted molar refractivity (Wildman–Crippen MR) is 79.8 cm³/mol. The number of rotatable bonds is 4. The van der Waals surface area contributed by atoms with Gasteiger partial charge in [-0.05, 0) is 42.7 Å². The van der Waals surface area contributed by atoms with Gasteiger partial charge in [-0.15, -0.1) is 0 Å². The molecule has 0 aliphatic heterocycles. The minimum Gasteiger partial charge on any atom is -0.377 e. The van der Waals surface area contributed by atoms with Gasteiger partial charge in [0.25, 0.3) is 0 Å². The van der Waals surface area contributed by atoms with Crippen molar-refractivity contribution in [1.29, 1.82) is 0 Å². The average Bonchev–Trinajstić information content (AvgIpc) is 2.37. The molecule has 2 nitrogen and oxygen atoms in total. The highest BCUT2D eigenvalue weighted by atomic mass is 79.9. The van der Waals surface area contributed by atoms with Gasteiger partial charge in [0.05, 0.1) is 11.7 Å². The van der Waals surface area contributed by atoms with Crippen molar-refractivity contribution < 1.29 is 0 Å². The number of nitrogens with one attached hydrogen (secondary N) is 1. The second-order valence-corrected chi connectivity index (χ2v) is 5.32. The zero-order valence-electron chi connectivity index (χ0n) is 10.7. The molecule has 2 aromatic rings. The lowest BCUT2D eigenvalue weighted by atomic mass is 10.0. The maximum atomic E-state index is 4.21. The molecule has 18 heavy (non-hydrogen) atoms. The molecular formula is C15H17BrN2. The molecule has 1 atom stereocenters. The molecule has 0 aliphatic rings. The summed E-state index contributed by atoms with van der Waals surface area (Å²) in [5.41, 5.74) is 3.54. The summed E-state index contributed by atoms with van der Waals surface area (Å²) in [5, 5.41) is 3.53. The van der Waals surface area contributed by atoms with Gasteiger partial charge in [0.15, 0.2) is 0 Å². The van der Waals surface area contributed by atoms with E-state index in [2.05, 4.69) is 70.4 Å². The third-order valence-corrected chi connectivity index (χ3v) is 3.43. The smallest absolute Gasteiger partial charge is 0.0534 e. The minimum absolute atomic E-state index is 0.321. The highest BCUT2D eigenvalue weighted by Gasteiger charge is 2.09. The molecule has 0 saturated heterocycles. The van der Waals surface area contributed by atoms with E-state index in [0.717, 1.165) is 16.6 Å². The fourth-order valence-electron chi connectivity index (χ4n) is 1.95. The van der Waals surface area contributed by atoms with Crippen LogP contribution < -0.4 is 5.32 Å². The van der Waals surface area contributed by atoms with Crippen LogP contribution in [0, 0.1) is 6.92 Å². The van der Waals surface area contributed by atoms with Gasteiger partial charge in [0, 0.05) is 16.9 Å². The monoisotopic (exact) mass is 304 g/mol. The molecule has 3 heteroatoms. The van der Waals surface area contributed by atoms with Gasteiger partial charge >= 0.3 is 0 Å². The molecule has 0 bridgehead atoms. The van der Waals surface area contributed by atoms with Gasteiger partial charge in [-0.25, -0.2) is 0 Å². The van der Waals surface area contributed by atoms with Crippen molar-refractivity contribution >= 4 is 21.6 Å². The Morgan fingerprint density at radius 3 is 2.56 bits per heavy atom. The van der Waals surface area contributed by atoms with Crippen molar-refractivity contribution in [3.63, 3.8) is 0 Å². The van der Waals surface area contributed by atoms with Gasteiger partial charge in [-0.3, -0.25) is 4.98 Å². The van der Waals surface area contributed by atoms with Crippen LogP contribution in [-0.4, -0.2) is 4.98 Å². The summed E-state index contributed by atoms with van der Waals surface area (Å²) < 4.78 is 1.11. The molecule has 0 fully saturated rings. The van der Waals surface area contributed by atoms with Crippen LogP contribution >= 0.6 is 15.9 Å². The fourth-order valence-corrected chi connectivity index (χ4v) is 2.22. The second kappa shape index (κ2) is 6.01. The summed E-state index contributed by atoms with van der Waals surface area (Å²) in [6.45, 7) is 4.24. The normalized spacial score (nSPS) is 12.2.